The first-order valence-corrected chi connectivity index (χ1v) is 9.90. The van der Waals surface area contributed by atoms with Crippen molar-refractivity contribution >= 4 is 16.8 Å². The lowest BCUT2D eigenvalue weighted by Crippen LogP contribution is -1.99. The van der Waals surface area contributed by atoms with Gasteiger partial charge in [0.15, 0.2) is 0 Å². The van der Waals surface area contributed by atoms with Crippen LogP contribution >= 0.6 is 0 Å². The van der Waals surface area contributed by atoms with Crippen LogP contribution in [0.15, 0.2) is 72.9 Å². The van der Waals surface area contributed by atoms with Gasteiger partial charge in [0.05, 0.1) is 16.8 Å². The van der Waals surface area contributed by atoms with Gasteiger partial charge in [-0.15, -0.1) is 0 Å². The number of nitrogens with zero attached hydrogens (tertiary/aromatic N) is 3. The Morgan fingerprint density at radius 3 is 2.60 bits per heavy atom. The molecule has 0 fully saturated rings. The molecular weight excluding hydrogens is 366 g/mol. The van der Waals surface area contributed by atoms with Crippen molar-refractivity contribution in [3.05, 3.63) is 95.2 Å². The highest BCUT2D eigenvalue weighted by Crippen LogP contribution is 2.37. The highest BCUT2D eigenvalue weighted by molar-refractivity contribution is 5.96. The van der Waals surface area contributed by atoms with E-state index in [0.29, 0.717) is 16.8 Å². The molecule has 1 aliphatic rings. The van der Waals surface area contributed by atoms with Crippen molar-refractivity contribution in [1.82, 2.24) is 4.98 Å². The van der Waals surface area contributed by atoms with Crippen LogP contribution in [0, 0.1) is 22.7 Å². The summed E-state index contributed by atoms with van der Waals surface area (Å²) in [6, 6.07) is 24.8. The fourth-order valence-corrected chi connectivity index (χ4v) is 4.24. The quantitative estimate of drug-likeness (QED) is 0.410. The summed E-state index contributed by atoms with van der Waals surface area (Å²) < 4.78 is 0. The number of nitriles is 2. The molecule has 0 radical (unpaired) electrons. The van der Waals surface area contributed by atoms with Gasteiger partial charge in [0.1, 0.15) is 12.1 Å². The molecule has 1 aliphatic carbocycles. The van der Waals surface area contributed by atoms with E-state index in [4.69, 9.17) is 5.26 Å². The van der Waals surface area contributed by atoms with E-state index in [9.17, 15) is 5.26 Å². The van der Waals surface area contributed by atoms with Crippen molar-refractivity contribution in [2.75, 3.05) is 0 Å². The number of aryl methyl sites for hydroxylation is 1. The third-order valence-electron chi connectivity index (χ3n) is 5.63. The summed E-state index contributed by atoms with van der Waals surface area (Å²) in [5.74, 6) is 0. The number of allylic oxidation sites excluding steroid dienone is 1. The Morgan fingerprint density at radius 1 is 0.867 bits per heavy atom. The van der Waals surface area contributed by atoms with Crippen molar-refractivity contribution in [3.8, 4) is 34.5 Å². The van der Waals surface area contributed by atoms with Gasteiger partial charge in [-0.3, -0.25) is 4.98 Å². The summed E-state index contributed by atoms with van der Waals surface area (Å²) in [7, 11) is 0. The predicted molar refractivity (Wildman–Crippen MR) is 119 cm³/mol. The van der Waals surface area contributed by atoms with Gasteiger partial charge < -0.3 is 0 Å². The van der Waals surface area contributed by atoms with Crippen LogP contribution in [0.2, 0.25) is 0 Å². The van der Waals surface area contributed by atoms with Gasteiger partial charge in [-0.2, -0.15) is 10.5 Å². The monoisotopic (exact) mass is 383 g/mol. The van der Waals surface area contributed by atoms with Gasteiger partial charge in [-0.1, -0.05) is 54.6 Å². The van der Waals surface area contributed by atoms with Gasteiger partial charge in [0.25, 0.3) is 0 Å². The molecule has 30 heavy (non-hydrogen) atoms. The highest BCUT2D eigenvalue weighted by atomic mass is 14.7. The molecule has 4 aromatic rings. The van der Waals surface area contributed by atoms with E-state index >= 15 is 0 Å². The maximum absolute atomic E-state index is 9.55. The zero-order chi connectivity index (χ0) is 20.5. The normalized spacial score (nSPS) is 12.2. The molecule has 1 heterocycles. The zero-order valence-corrected chi connectivity index (χ0v) is 16.3. The molecule has 0 unspecified atom stereocenters. The molecule has 1 aromatic heterocycles. The molecule has 3 aromatic carbocycles. The molecule has 0 amide bonds. The molecule has 3 nitrogen and oxygen atoms in total. The second-order valence-corrected chi connectivity index (χ2v) is 7.40. The summed E-state index contributed by atoms with van der Waals surface area (Å²) in [6.07, 6.45) is 8.08. The molecule has 0 N–H and O–H groups in total. The molecule has 0 aliphatic heterocycles. The second-order valence-electron chi connectivity index (χ2n) is 7.40. The standard InChI is InChI=1S/C27H17N3/c28-15-18-12-22(16-29)27(30-17-18)21-8-5-7-19(13-21)26-14-20-6-1-2-9-23(20)24-10-3-4-11-25(24)26/h1-2,4-9,11-14,17H,3,10H2. The van der Waals surface area contributed by atoms with Crippen LogP contribution in [-0.4, -0.2) is 4.98 Å². The summed E-state index contributed by atoms with van der Waals surface area (Å²) in [5, 5.41) is 21.2. The molecule has 140 valence electrons. The lowest BCUT2D eigenvalue weighted by atomic mass is 9.85. The molecule has 0 spiro atoms. The van der Waals surface area contributed by atoms with Crippen LogP contribution in [0.1, 0.15) is 28.7 Å². The fraction of sp³-hybridized carbons (Fsp3) is 0.0741. The van der Waals surface area contributed by atoms with E-state index in [-0.39, 0.29) is 0 Å². The predicted octanol–water partition coefficient (Wildman–Crippen LogP) is 6.27. The Hall–Kier alpha value is -4.21. The van der Waals surface area contributed by atoms with E-state index in [2.05, 4.69) is 65.7 Å². The van der Waals surface area contributed by atoms with Crippen LogP contribution in [-0.2, 0) is 6.42 Å². The van der Waals surface area contributed by atoms with E-state index < -0.39 is 0 Å². The largest absolute Gasteiger partial charge is 0.253 e. The van der Waals surface area contributed by atoms with Gasteiger partial charge in [0.2, 0.25) is 0 Å². The van der Waals surface area contributed by atoms with Crippen molar-refractivity contribution in [2.45, 2.75) is 12.8 Å². The highest BCUT2D eigenvalue weighted by Gasteiger charge is 2.16. The van der Waals surface area contributed by atoms with Crippen molar-refractivity contribution in [1.29, 1.82) is 10.5 Å². The number of pyridine rings is 1. The maximum Gasteiger partial charge on any atom is 0.101 e. The minimum atomic E-state index is 0.389. The van der Waals surface area contributed by atoms with E-state index in [0.717, 1.165) is 24.0 Å². The maximum atomic E-state index is 9.55. The third kappa shape index (κ3) is 2.94. The first kappa shape index (κ1) is 17.9. The number of hydrogen-bond donors (Lipinski definition) is 0. The molecule has 5 rings (SSSR count). The summed E-state index contributed by atoms with van der Waals surface area (Å²) in [6.45, 7) is 0. The van der Waals surface area contributed by atoms with Gasteiger partial charge in [0, 0.05) is 11.8 Å². The summed E-state index contributed by atoms with van der Waals surface area (Å²) in [4.78, 5) is 4.40. The molecule has 0 saturated carbocycles. The van der Waals surface area contributed by atoms with Crippen molar-refractivity contribution < 1.29 is 0 Å². The topological polar surface area (TPSA) is 60.5 Å². The average molecular weight is 383 g/mol. The van der Waals surface area contributed by atoms with Crippen LogP contribution in [0.3, 0.4) is 0 Å². The molecule has 0 atom stereocenters. The summed E-state index contributed by atoms with van der Waals surface area (Å²) in [5.41, 5.74) is 7.21. The van der Waals surface area contributed by atoms with Crippen LogP contribution in [0.25, 0.3) is 39.2 Å². The molecule has 3 heteroatoms. The van der Waals surface area contributed by atoms with Crippen molar-refractivity contribution in [3.63, 3.8) is 0 Å². The van der Waals surface area contributed by atoms with Crippen molar-refractivity contribution in [2.24, 2.45) is 0 Å². The Bertz CT molecular complexity index is 1410. The smallest absolute Gasteiger partial charge is 0.101 e. The molecular formula is C27H17N3. The van der Waals surface area contributed by atoms with E-state index in [1.165, 1.54) is 33.7 Å². The molecule has 0 bridgehead atoms. The number of benzene rings is 3. The van der Waals surface area contributed by atoms with Crippen LogP contribution in [0.4, 0.5) is 0 Å². The number of hydrogen-bond acceptors (Lipinski definition) is 3. The lowest BCUT2D eigenvalue weighted by molar-refractivity contribution is 0.998. The second kappa shape index (κ2) is 7.32. The van der Waals surface area contributed by atoms with Gasteiger partial charge in [-0.05, 0) is 64.1 Å². The minimum Gasteiger partial charge on any atom is -0.253 e. The first-order chi connectivity index (χ1) is 14.8. The number of aromatic nitrogens is 1. The summed E-state index contributed by atoms with van der Waals surface area (Å²) >= 11 is 0. The SMILES string of the molecule is N#Cc1cnc(-c2cccc(-c3cc4ccccc4c4c3C=CCC4)c2)c(C#N)c1. The van der Waals surface area contributed by atoms with E-state index in [1.807, 2.05) is 18.2 Å². The average Bonchev–Trinajstić information content (AvgIpc) is 2.83. The Morgan fingerprint density at radius 2 is 1.73 bits per heavy atom. The zero-order valence-electron chi connectivity index (χ0n) is 16.3. The Balaban J connectivity index is 1.72. The first-order valence-electron chi connectivity index (χ1n) is 9.90. The van der Waals surface area contributed by atoms with Crippen LogP contribution < -0.4 is 0 Å². The van der Waals surface area contributed by atoms with Gasteiger partial charge >= 0.3 is 0 Å². The van der Waals surface area contributed by atoms with Crippen LogP contribution in [0.5, 0.6) is 0 Å². The number of fused-ring (bicyclic) bond motifs is 3. The fourth-order valence-electron chi connectivity index (χ4n) is 4.24. The number of rotatable bonds is 2. The Kier molecular flexibility index (Phi) is 4.36. The van der Waals surface area contributed by atoms with Gasteiger partial charge in [-0.25, -0.2) is 0 Å². The minimum absolute atomic E-state index is 0.389. The Labute approximate surface area is 175 Å². The molecule has 0 saturated heterocycles. The lowest BCUT2D eigenvalue weighted by Gasteiger charge is -2.19. The third-order valence-corrected chi connectivity index (χ3v) is 5.63. The van der Waals surface area contributed by atoms with E-state index in [1.54, 1.807) is 6.07 Å².